The molecule has 0 aliphatic heterocycles. The second-order valence-electron chi connectivity index (χ2n) is 4.38. The standard InChI is InChI=1S/C11H19N3/c1-3-6-14-11(12)9-7-8(2)4-5-10(9)13-14/h8H,3-7,12H2,1-2H3. The number of aromatic nitrogens is 2. The lowest BCUT2D eigenvalue weighted by molar-refractivity contribution is 0.496. The molecule has 0 fully saturated rings. The zero-order valence-electron chi connectivity index (χ0n) is 9.08. The molecule has 1 aliphatic rings. The number of hydrogen-bond donors (Lipinski definition) is 1. The summed E-state index contributed by atoms with van der Waals surface area (Å²) in [6.45, 7) is 5.40. The maximum absolute atomic E-state index is 6.07. The molecule has 0 radical (unpaired) electrons. The Labute approximate surface area is 85.3 Å². The van der Waals surface area contributed by atoms with Crippen molar-refractivity contribution in [3.05, 3.63) is 11.3 Å². The SMILES string of the molecule is CCCn1nc2c(c1N)CC(C)CC2. The van der Waals surface area contributed by atoms with Crippen LogP contribution >= 0.6 is 0 Å². The van der Waals surface area contributed by atoms with Crippen LogP contribution in [0.15, 0.2) is 0 Å². The van der Waals surface area contributed by atoms with E-state index in [2.05, 4.69) is 18.9 Å². The van der Waals surface area contributed by atoms with Crippen LogP contribution in [0.3, 0.4) is 0 Å². The molecule has 2 N–H and O–H groups in total. The predicted octanol–water partition coefficient (Wildman–Crippen LogP) is 2.00. The van der Waals surface area contributed by atoms with Gasteiger partial charge in [0.2, 0.25) is 0 Å². The summed E-state index contributed by atoms with van der Waals surface area (Å²) < 4.78 is 1.97. The minimum atomic E-state index is 0.768. The Bertz CT molecular complexity index is 328. The highest BCUT2D eigenvalue weighted by Gasteiger charge is 2.21. The molecule has 0 aromatic carbocycles. The van der Waals surface area contributed by atoms with Gasteiger partial charge in [-0.2, -0.15) is 5.10 Å². The summed E-state index contributed by atoms with van der Waals surface area (Å²) in [5.41, 5.74) is 8.63. The van der Waals surface area contributed by atoms with Crippen LogP contribution in [0.1, 0.15) is 37.9 Å². The van der Waals surface area contributed by atoms with Crippen LogP contribution in [0, 0.1) is 5.92 Å². The number of nitrogens with zero attached hydrogens (tertiary/aromatic N) is 2. The van der Waals surface area contributed by atoms with Crippen molar-refractivity contribution in [3.8, 4) is 0 Å². The Balaban J connectivity index is 2.31. The molecule has 1 atom stereocenters. The third-order valence-electron chi connectivity index (χ3n) is 3.04. The second-order valence-corrected chi connectivity index (χ2v) is 4.38. The molecule has 78 valence electrons. The maximum Gasteiger partial charge on any atom is 0.125 e. The Morgan fingerprint density at radius 3 is 3.07 bits per heavy atom. The lowest BCUT2D eigenvalue weighted by Crippen LogP contribution is -2.11. The van der Waals surface area contributed by atoms with Crippen LogP contribution in [-0.2, 0) is 19.4 Å². The lowest BCUT2D eigenvalue weighted by atomic mass is 9.89. The number of anilines is 1. The number of rotatable bonds is 2. The molecule has 0 amide bonds. The van der Waals surface area contributed by atoms with Gasteiger partial charge in [0.05, 0.1) is 5.69 Å². The highest BCUT2D eigenvalue weighted by atomic mass is 15.3. The van der Waals surface area contributed by atoms with Gasteiger partial charge in [-0.3, -0.25) is 0 Å². The van der Waals surface area contributed by atoms with E-state index >= 15 is 0 Å². The molecule has 2 rings (SSSR count). The summed E-state index contributed by atoms with van der Waals surface area (Å²) in [6.07, 6.45) is 4.58. The Hall–Kier alpha value is -0.990. The van der Waals surface area contributed by atoms with Crippen LogP contribution in [0.25, 0.3) is 0 Å². The molecular weight excluding hydrogens is 174 g/mol. The van der Waals surface area contributed by atoms with Crippen molar-refractivity contribution in [2.75, 3.05) is 5.73 Å². The summed E-state index contributed by atoms with van der Waals surface area (Å²) in [5, 5.41) is 4.57. The fraction of sp³-hybridized carbons (Fsp3) is 0.727. The molecule has 3 nitrogen and oxygen atoms in total. The van der Waals surface area contributed by atoms with Crippen molar-refractivity contribution in [1.29, 1.82) is 0 Å². The third-order valence-corrected chi connectivity index (χ3v) is 3.04. The number of aryl methyl sites for hydroxylation is 2. The molecule has 0 bridgehead atoms. The minimum Gasteiger partial charge on any atom is -0.384 e. The zero-order chi connectivity index (χ0) is 10.1. The van der Waals surface area contributed by atoms with Crippen molar-refractivity contribution in [2.24, 2.45) is 5.92 Å². The summed E-state index contributed by atoms with van der Waals surface area (Å²) in [5.74, 6) is 1.68. The molecular formula is C11H19N3. The van der Waals surface area contributed by atoms with E-state index in [4.69, 9.17) is 5.73 Å². The van der Waals surface area contributed by atoms with Gasteiger partial charge < -0.3 is 5.73 Å². The van der Waals surface area contributed by atoms with E-state index in [1.54, 1.807) is 0 Å². The van der Waals surface area contributed by atoms with E-state index in [-0.39, 0.29) is 0 Å². The smallest absolute Gasteiger partial charge is 0.125 e. The molecule has 0 spiro atoms. The number of fused-ring (bicyclic) bond motifs is 1. The molecule has 1 aromatic rings. The van der Waals surface area contributed by atoms with E-state index < -0.39 is 0 Å². The van der Waals surface area contributed by atoms with Crippen LogP contribution < -0.4 is 5.73 Å². The maximum atomic E-state index is 6.07. The molecule has 1 unspecified atom stereocenters. The highest BCUT2D eigenvalue weighted by Crippen LogP contribution is 2.28. The van der Waals surface area contributed by atoms with Gasteiger partial charge in [-0.1, -0.05) is 13.8 Å². The summed E-state index contributed by atoms with van der Waals surface area (Å²) >= 11 is 0. The quantitative estimate of drug-likeness (QED) is 0.780. The topological polar surface area (TPSA) is 43.8 Å². The molecule has 0 saturated heterocycles. The van der Waals surface area contributed by atoms with Crippen LogP contribution in [0.2, 0.25) is 0 Å². The predicted molar refractivity (Wildman–Crippen MR) is 58.1 cm³/mol. The Morgan fingerprint density at radius 1 is 1.57 bits per heavy atom. The van der Waals surface area contributed by atoms with Gasteiger partial charge in [0, 0.05) is 12.1 Å². The van der Waals surface area contributed by atoms with Gasteiger partial charge in [-0.15, -0.1) is 0 Å². The first kappa shape index (κ1) is 9.56. The van der Waals surface area contributed by atoms with Crippen molar-refractivity contribution in [2.45, 2.75) is 46.1 Å². The summed E-state index contributed by atoms with van der Waals surface area (Å²) in [4.78, 5) is 0. The fourth-order valence-electron chi connectivity index (χ4n) is 2.20. The molecule has 1 aromatic heterocycles. The monoisotopic (exact) mass is 193 g/mol. The largest absolute Gasteiger partial charge is 0.384 e. The van der Waals surface area contributed by atoms with E-state index in [1.807, 2.05) is 4.68 Å². The Kier molecular flexibility index (Phi) is 2.48. The van der Waals surface area contributed by atoms with Crippen molar-refractivity contribution < 1.29 is 0 Å². The van der Waals surface area contributed by atoms with Crippen LogP contribution in [-0.4, -0.2) is 9.78 Å². The molecule has 14 heavy (non-hydrogen) atoms. The zero-order valence-corrected chi connectivity index (χ0v) is 9.08. The van der Waals surface area contributed by atoms with Gasteiger partial charge in [0.1, 0.15) is 5.82 Å². The molecule has 0 saturated carbocycles. The van der Waals surface area contributed by atoms with E-state index in [0.29, 0.717) is 0 Å². The number of hydrogen-bond acceptors (Lipinski definition) is 2. The van der Waals surface area contributed by atoms with E-state index in [9.17, 15) is 0 Å². The average Bonchev–Trinajstić information content (AvgIpc) is 2.46. The third kappa shape index (κ3) is 1.51. The Morgan fingerprint density at radius 2 is 2.36 bits per heavy atom. The van der Waals surface area contributed by atoms with E-state index in [0.717, 1.165) is 37.5 Å². The number of nitrogens with two attached hydrogens (primary N) is 1. The first-order valence-electron chi connectivity index (χ1n) is 5.56. The van der Waals surface area contributed by atoms with Gasteiger partial charge >= 0.3 is 0 Å². The molecule has 3 heteroatoms. The van der Waals surface area contributed by atoms with Crippen molar-refractivity contribution in [1.82, 2.24) is 9.78 Å². The van der Waals surface area contributed by atoms with Crippen LogP contribution in [0.4, 0.5) is 5.82 Å². The molecule has 1 heterocycles. The van der Waals surface area contributed by atoms with E-state index in [1.165, 1.54) is 17.7 Å². The number of nitrogen functional groups attached to an aromatic ring is 1. The first-order valence-corrected chi connectivity index (χ1v) is 5.56. The van der Waals surface area contributed by atoms with Gasteiger partial charge in [0.15, 0.2) is 0 Å². The fourth-order valence-corrected chi connectivity index (χ4v) is 2.20. The van der Waals surface area contributed by atoms with Gasteiger partial charge in [0.25, 0.3) is 0 Å². The van der Waals surface area contributed by atoms with Crippen molar-refractivity contribution >= 4 is 5.82 Å². The van der Waals surface area contributed by atoms with Crippen molar-refractivity contribution in [3.63, 3.8) is 0 Å². The van der Waals surface area contributed by atoms with Gasteiger partial charge in [-0.25, -0.2) is 4.68 Å². The second kappa shape index (κ2) is 3.64. The highest BCUT2D eigenvalue weighted by molar-refractivity contribution is 5.45. The van der Waals surface area contributed by atoms with Gasteiger partial charge in [-0.05, 0) is 31.6 Å². The lowest BCUT2D eigenvalue weighted by Gasteiger charge is -2.16. The molecule has 1 aliphatic carbocycles. The minimum absolute atomic E-state index is 0.768. The normalized spacial score (nSPS) is 20.9. The first-order chi connectivity index (χ1) is 6.72. The van der Waals surface area contributed by atoms with Crippen LogP contribution in [0.5, 0.6) is 0 Å². The summed E-state index contributed by atoms with van der Waals surface area (Å²) in [7, 11) is 0. The summed E-state index contributed by atoms with van der Waals surface area (Å²) in [6, 6.07) is 0. The average molecular weight is 193 g/mol.